The molecule has 0 fully saturated rings. The Kier molecular flexibility index (Phi) is 4.28. The summed E-state index contributed by atoms with van der Waals surface area (Å²) < 4.78 is 15.2. The van der Waals surface area contributed by atoms with Gasteiger partial charge in [0.1, 0.15) is 17.1 Å². The number of carbonyl (C=O) groups is 2. The monoisotopic (exact) mass is 310 g/mol. The van der Waals surface area contributed by atoms with Crippen molar-refractivity contribution in [3.8, 4) is 0 Å². The van der Waals surface area contributed by atoms with Crippen LogP contribution in [0.2, 0.25) is 5.02 Å². The largest absolute Gasteiger partial charge is 0.478 e. The highest BCUT2D eigenvalue weighted by Crippen LogP contribution is 2.21. The first-order valence-electron chi connectivity index (χ1n) is 6.13. The third-order valence-electron chi connectivity index (χ3n) is 2.91. The van der Waals surface area contributed by atoms with Gasteiger partial charge in [-0.25, -0.2) is 9.18 Å². The van der Waals surface area contributed by atoms with E-state index in [0.717, 1.165) is 6.07 Å². The van der Waals surface area contributed by atoms with E-state index in [1.54, 1.807) is 10.8 Å². The Balaban J connectivity index is 2.36. The molecule has 1 amide bonds. The molecule has 1 heterocycles. The number of aryl methyl sites for hydroxylation is 1. The molecule has 0 atom stereocenters. The molecule has 0 aliphatic carbocycles. The predicted octanol–water partition coefficient (Wildman–Crippen LogP) is 3.25. The van der Waals surface area contributed by atoms with Crippen molar-refractivity contribution in [3.05, 3.63) is 52.6 Å². The number of hydrogen-bond acceptors (Lipinski definition) is 2. The van der Waals surface area contributed by atoms with Gasteiger partial charge in [-0.1, -0.05) is 17.7 Å². The number of halogens is 2. The lowest BCUT2D eigenvalue weighted by Gasteiger charge is -2.10. The number of nitrogens with one attached hydrogen (secondary N) is 1. The van der Waals surface area contributed by atoms with E-state index in [1.807, 2.05) is 6.92 Å². The zero-order valence-corrected chi connectivity index (χ0v) is 11.8. The fraction of sp³-hybridized carbons (Fsp3) is 0.143. The van der Waals surface area contributed by atoms with Gasteiger partial charge in [-0.2, -0.15) is 0 Å². The van der Waals surface area contributed by atoms with Crippen LogP contribution in [0.25, 0.3) is 0 Å². The number of aromatic carboxylic acids is 1. The van der Waals surface area contributed by atoms with E-state index in [2.05, 4.69) is 5.32 Å². The number of nitrogens with zero attached hydrogens (tertiary/aromatic N) is 1. The van der Waals surface area contributed by atoms with Gasteiger partial charge in [-0.15, -0.1) is 0 Å². The number of hydrogen-bond donors (Lipinski definition) is 2. The van der Waals surface area contributed by atoms with Crippen LogP contribution in [0, 0.1) is 5.82 Å². The van der Waals surface area contributed by atoms with Gasteiger partial charge in [0.2, 0.25) is 0 Å². The van der Waals surface area contributed by atoms with Crippen LogP contribution in [0.5, 0.6) is 0 Å². The molecule has 0 aliphatic heterocycles. The van der Waals surface area contributed by atoms with Gasteiger partial charge in [-0.3, -0.25) is 4.79 Å². The molecular weight excluding hydrogens is 299 g/mol. The smallest absolute Gasteiger partial charge is 0.340 e. The van der Waals surface area contributed by atoms with Crippen LogP contribution in [-0.2, 0) is 6.54 Å². The van der Waals surface area contributed by atoms with Crippen LogP contribution in [-0.4, -0.2) is 21.6 Å². The van der Waals surface area contributed by atoms with Gasteiger partial charge in [0.15, 0.2) is 0 Å². The molecule has 1 aromatic heterocycles. The molecule has 0 spiro atoms. The van der Waals surface area contributed by atoms with E-state index < -0.39 is 23.3 Å². The van der Waals surface area contributed by atoms with Crippen LogP contribution in [0.1, 0.15) is 27.8 Å². The standard InChI is InChI=1S/C14H12ClFN2O3/c1-2-18-7-8(15)6-11(18)13(19)17-10-5-3-4-9(16)12(10)14(20)21/h3-7H,2H2,1H3,(H,17,19)(H,20,21). The molecule has 2 rings (SSSR count). The molecule has 0 aliphatic rings. The Bertz CT molecular complexity index is 712. The van der Waals surface area contributed by atoms with E-state index in [9.17, 15) is 14.0 Å². The molecule has 2 aromatic rings. The molecule has 21 heavy (non-hydrogen) atoms. The number of carbonyl (C=O) groups excluding carboxylic acids is 1. The quantitative estimate of drug-likeness (QED) is 0.910. The van der Waals surface area contributed by atoms with E-state index in [4.69, 9.17) is 16.7 Å². The lowest BCUT2D eigenvalue weighted by molar-refractivity contribution is 0.0693. The molecule has 0 saturated carbocycles. The van der Waals surface area contributed by atoms with Crippen LogP contribution >= 0.6 is 11.6 Å². The van der Waals surface area contributed by atoms with Crippen LogP contribution < -0.4 is 5.32 Å². The van der Waals surface area contributed by atoms with E-state index >= 15 is 0 Å². The topological polar surface area (TPSA) is 71.3 Å². The third kappa shape index (κ3) is 3.05. The normalized spacial score (nSPS) is 10.4. The van der Waals surface area contributed by atoms with Gasteiger partial charge in [-0.05, 0) is 25.1 Å². The zero-order chi connectivity index (χ0) is 15.6. The molecule has 0 unspecified atom stereocenters. The minimum Gasteiger partial charge on any atom is -0.478 e. The van der Waals surface area contributed by atoms with Gasteiger partial charge in [0, 0.05) is 12.7 Å². The highest BCUT2D eigenvalue weighted by molar-refractivity contribution is 6.31. The maximum atomic E-state index is 13.5. The Labute approximate surface area is 125 Å². The van der Waals surface area contributed by atoms with E-state index in [-0.39, 0.29) is 11.4 Å². The Morgan fingerprint density at radius 1 is 1.43 bits per heavy atom. The molecule has 1 aromatic carbocycles. The summed E-state index contributed by atoms with van der Waals surface area (Å²) in [6.45, 7) is 2.35. The van der Waals surface area contributed by atoms with Crippen molar-refractivity contribution in [2.75, 3.05) is 5.32 Å². The number of benzene rings is 1. The maximum Gasteiger partial charge on any atom is 0.340 e. The summed E-state index contributed by atoms with van der Waals surface area (Å²) in [5.74, 6) is -2.92. The fourth-order valence-electron chi connectivity index (χ4n) is 1.96. The summed E-state index contributed by atoms with van der Waals surface area (Å²) in [6.07, 6.45) is 1.58. The van der Waals surface area contributed by atoms with Crippen molar-refractivity contribution in [2.24, 2.45) is 0 Å². The third-order valence-corrected chi connectivity index (χ3v) is 3.12. The van der Waals surface area contributed by atoms with Crippen LogP contribution in [0.4, 0.5) is 10.1 Å². The summed E-state index contributed by atoms with van der Waals surface area (Å²) in [5, 5.41) is 11.8. The van der Waals surface area contributed by atoms with Crippen molar-refractivity contribution < 1.29 is 19.1 Å². The van der Waals surface area contributed by atoms with Crippen molar-refractivity contribution in [2.45, 2.75) is 13.5 Å². The van der Waals surface area contributed by atoms with Gasteiger partial charge in [0.05, 0.1) is 10.7 Å². The second-order valence-electron chi connectivity index (χ2n) is 4.25. The number of anilines is 1. The Morgan fingerprint density at radius 3 is 2.76 bits per heavy atom. The molecule has 2 N–H and O–H groups in total. The van der Waals surface area contributed by atoms with Gasteiger partial charge >= 0.3 is 5.97 Å². The fourth-order valence-corrected chi connectivity index (χ4v) is 2.18. The Hall–Kier alpha value is -2.34. The summed E-state index contributed by atoms with van der Waals surface area (Å²) in [7, 11) is 0. The van der Waals surface area contributed by atoms with Crippen LogP contribution in [0.3, 0.4) is 0 Å². The number of aromatic nitrogens is 1. The Morgan fingerprint density at radius 2 is 2.14 bits per heavy atom. The predicted molar refractivity (Wildman–Crippen MR) is 76.4 cm³/mol. The molecule has 0 saturated heterocycles. The number of amides is 1. The average molecular weight is 311 g/mol. The molecule has 110 valence electrons. The van der Waals surface area contributed by atoms with Gasteiger partial charge < -0.3 is 15.0 Å². The average Bonchev–Trinajstić information content (AvgIpc) is 2.79. The van der Waals surface area contributed by atoms with Crippen molar-refractivity contribution in [1.82, 2.24) is 4.57 Å². The lowest BCUT2D eigenvalue weighted by atomic mass is 10.1. The van der Waals surface area contributed by atoms with Crippen molar-refractivity contribution >= 4 is 29.2 Å². The lowest BCUT2D eigenvalue weighted by Crippen LogP contribution is -2.18. The van der Waals surface area contributed by atoms with Gasteiger partial charge in [0.25, 0.3) is 5.91 Å². The minimum atomic E-state index is -1.45. The molecule has 0 radical (unpaired) electrons. The maximum absolute atomic E-state index is 13.5. The SMILES string of the molecule is CCn1cc(Cl)cc1C(=O)Nc1cccc(F)c1C(=O)O. The number of rotatable bonds is 4. The van der Waals surface area contributed by atoms with Crippen LogP contribution in [0.15, 0.2) is 30.5 Å². The van der Waals surface area contributed by atoms with Crippen molar-refractivity contribution in [3.63, 3.8) is 0 Å². The highest BCUT2D eigenvalue weighted by Gasteiger charge is 2.19. The minimum absolute atomic E-state index is 0.104. The summed E-state index contributed by atoms with van der Waals surface area (Å²) in [4.78, 5) is 23.3. The first-order valence-corrected chi connectivity index (χ1v) is 6.50. The van der Waals surface area contributed by atoms with E-state index in [0.29, 0.717) is 11.6 Å². The number of carboxylic acid groups (broad SMARTS) is 1. The summed E-state index contributed by atoms with van der Waals surface area (Å²) in [5.41, 5.74) is -0.415. The molecule has 7 heteroatoms. The molecule has 0 bridgehead atoms. The van der Waals surface area contributed by atoms with Crippen molar-refractivity contribution in [1.29, 1.82) is 0 Å². The second kappa shape index (κ2) is 5.97. The first kappa shape index (κ1) is 15.1. The second-order valence-corrected chi connectivity index (χ2v) is 4.69. The number of carboxylic acids is 1. The zero-order valence-electron chi connectivity index (χ0n) is 11.1. The summed E-state index contributed by atoms with van der Waals surface area (Å²) >= 11 is 5.84. The summed E-state index contributed by atoms with van der Waals surface area (Å²) in [6, 6.07) is 5.12. The first-order chi connectivity index (χ1) is 9.93. The molecule has 5 nitrogen and oxygen atoms in total. The highest BCUT2D eigenvalue weighted by atomic mass is 35.5. The molecular formula is C14H12ClFN2O3. The van der Waals surface area contributed by atoms with E-state index in [1.165, 1.54) is 18.2 Å².